The molecule has 4 bridgehead atoms. The van der Waals surface area contributed by atoms with Gasteiger partial charge in [0.15, 0.2) is 0 Å². The Labute approximate surface area is 442 Å². The summed E-state index contributed by atoms with van der Waals surface area (Å²) < 4.78 is 9.78. The number of alkyl carbamates (subject to hydrolysis) is 2. The molecule has 16 heteroatoms. The smallest absolute Gasteiger partial charge is 0.407 e. The van der Waals surface area contributed by atoms with Crippen molar-refractivity contribution < 1.29 is 38.9 Å². The van der Waals surface area contributed by atoms with Gasteiger partial charge in [-0.05, 0) is 131 Å². The van der Waals surface area contributed by atoms with Gasteiger partial charge < -0.3 is 50.1 Å². The first kappa shape index (κ1) is 50.8. The lowest BCUT2D eigenvalue weighted by Gasteiger charge is -2.37. The van der Waals surface area contributed by atoms with Crippen molar-refractivity contribution in [2.24, 2.45) is 23.7 Å². The molecule has 396 valence electrons. The fourth-order valence-electron chi connectivity index (χ4n) is 13.1. The molecule has 76 heavy (non-hydrogen) atoms. The molecule has 0 spiro atoms. The number of nitrogens with zero attached hydrogens (tertiary/aromatic N) is 4. The van der Waals surface area contributed by atoms with Crippen LogP contribution in [0.2, 0.25) is 0 Å². The minimum absolute atomic E-state index is 0.0140. The van der Waals surface area contributed by atoms with Crippen LogP contribution in [0.4, 0.5) is 9.59 Å². The molecule has 0 radical (unpaired) electrons. The van der Waals surface area contributed by atoms with E-state index in [0.29, 0.717) is 23.5 Å². The van der Waals surface area contributed by atoms with Crippen LogP contribution in [0, 0.1) is 23.7 Å². The van der Waals surface area contributed by atoms with Crippen molar-refractivity contribution in [2.45, 2.75) is 114 Å². The number of nitrogens with one attached hydrogen (secondary N) is 4. The highest BCUT2D eigenvalue weighted by Crippen LogP contribution is 2.48. The monoisotopic (exact) mass is 1030 g/mol. The minimum atomic E-state index is -0.948. The molecule has 4 amide bonds. The van der Waals surface area contributed by atoms with Crippen LogP contribution in [0.5, 0.6) is 0 Å². The summed E-state index contributed by atoms with van der Waals surface area (Å²) >= 11 is 0. The number of aliphatic hydroxyl groups is 2. The second-order valence-corrected chi connectivity index (χ2v) is 21.8. The van der Waals surface area contributed by atoms with Crippen molar-refractivity contribution in [3.05, 3.63) is 107 Å². The first-order valence-corrected chi connectivity index (χ1v) is 27.1. The first-order chi connectivity index (χ1) is 36.9. The number of methoxy groups -OCH3 is 2. The van der Waals surface area contributed by atoms with Gasteiger partial charge in [-0.1, -0.05) is 100 Å². The Morgan fingerprint density at radius 2 is 1.01 bits per heavy atom. The zero-order valence-corrected chi connectivity index (χ0v) is 43.6. The maximum absolute atomic E-state index is 14.5. The number of ether oxygens (including phenoxy) is 2. The normalized spacial score (nSPS) is 23.3. The van der Waals surface area contributed by atoms with E-state index >= 15 is 0 Å². The highest BCUT2D eigenvalue weighted by Gasteiger charge is 2.50. The number of hydrogen-bond donors (Lipinski definition) is 6. The van der Waals surface area contributed by atoms with E-state index in [1.807, 2.05) is 21.9 Å². The highest BCUT2D eigenvalue weighted by molar-refractivity contribution is 5.93. The van der Waals surface area contributed by atoms with Gasteiger partial charge in [0.05, 0.1) is 48.4 Å². The highest BCUT2D eigenvalue weighted by atomic mass is 16.5. The van der Waals surface area contributed by atoms with Gasteiger partial charge in [-0.25, -0.2) is 19.6 Å². The number of fused-ring (bicyclic) bond motifs is 4. The fourth-order valence-corrected chi connectivity index (χ4v) is 13.1. The average molecular weight is 1030 g/mol. The van der Waals surface area contributed by atoms with Crippen molar-refractivity contribution in [2.75, 3.05) is 27.4 Å². The molecule has 6 aliphatic carbocycles. The van der Waals surface area contributed by atoms with Crippen LogP contribution >= 0.6 is 0 Å². The van der Waals surface area contributed by atoms with Crippen LogP contribution in [0.15, 0.2) is 72.8 Å². The van der Waals surface area contributed by atoms with Crippen LogP contribution in [0.3, 0.4) is 0 Å². The summed E-state index contributed by atoms with van der Waals surface area (Å²) in [6.07, 6.45) is 16.8. The zero-order chi connectivity index (χ0) is 52.8. The molecule has 6 aromatic rings. The summed E-state index contributed by atoms with van der Waals surface area (Å²) in [5.74, 6) is 0.557. The van der Waals surface area contributed by atoms with Crippen LogP contribution in [0.25, 0.3) is 68.6 Å². The van der Waals surface area contributed by atoms with Gasteiger partial charge in [-0.15, -0.1) is 0 Å². The Bertz CT molecular complexity index is 3040. The van der Waals surface area contributed by atoms with Gasteiger partial charge in [0.2, 0.25) is 11.8 Å². The number of benzene rings is 4. The number of likely N-dealkylation sites (tertiary alicyclic amines) is 2. The second kappa shape index (κ2) is 21.4. The van der Waals surface area contributed by atoms with Crippen molar-refractivity contribution in [1.29, 1.82) is 0 Å². The molecule has 14 rings (SSSR count). The molecule has 0 unspecified atom stereocenters. The Hall–Kier alpha value is -7.30. The molecule has 2 aromatic heterocycles. The summed E-state index contributed by atoms with van der Waals surface area (Å²) in [5, 5.41) is 25.7. The number of H-pyrrole nitrogens is 2. The summed E-state index contributed by atoms with van der Waals surface area (Å²) in [6, 6.07) is 23.0. The van der Waals surface area contributed by atoms with E-state index in [-0.39, 0.29) is 49.2 Å². The molecular formula is C60H68N8O8. The number of carbonyl (C=O) groups excluding carboxylic acids is 4. The molecule has 16 nitrogen and oxygen atoms in total. The van der Waals surface area contributed by atoms with Crippen molar-refractivity contribution in [1.82, 2.24) is 40.4 Å². The van der Waals surface area contributed by atoms with Gasteiger partial charge in [-0.2, -0.15) is 0 Å². The quantitative estimate of drug-likeness (QED) is 0.0681. The number of amides is 4. The van der Waals surface area contributed by atoms with E-state index in [1.54, 1.807) is 13.8 Å². The molecule has 4 aromatic carbocycles. The van der Waals surface area contributed by atoms with Crippen LogP contribution in [-0.4, -0.2) is 116 Å². The standard InChI is InChI=1S/C60H68N8O8/c1-33(31-69)53(65-59(73)75-3)57(71)67-49-11-7-5-9-41(49)29-51(67)55-61-45-23-21-39(27-47(45)63-55)43-25-35-13-17-37(43)19-15-36-14-18-38(20-16-35)44(26-36)40-22-24-46-48(28-40)64-56(62-46)52-30-42-10-6-8-12-50(42)68(52)58(72)54(34(2)32-70)66-60(74)76-4/h13-28,33-34,41-42,49-54,69-70H,5-12,29-32H2,1-4H3,(H,61,63)(H,62,64)(H,65,73)(H,66,74)/t33-,34-,41-,42-,49-,50-,51-,52-,53-,54-/m0/s1. The van der Waals surface area contributed by atoms with Crippen LogP contribution < -0.4 is 10.6 Å². The van der Waals surface area contributed by atoms with Gasteiger partial charge in [0, 0.05) is 37.1 Å². The molecule has 2 saturated heterocycles. The third-order valence-corrected chi connectivity index (χ3v) is 17.2. The third kappa shape index (κ3) is 9.65. The van der Waals surface area contributed by atoms with E-state index < -0.39 is 36.1 Å². The topological polar surface area (TPSA) is 215 Å². The third-order valence-electron chi connectivity index (χ3n) is 17.2. The number of imidazole rings is 2. The minimum Gasteiger partial charge on any atom is -0.453 e. The van der Waals surface area contributed by atoms with E-state index in [2.05, 4.69) is 106 Å². The molecule has 8 aliphatic rings. The molecule has 4 heterocycles. The number of rotatable bonds is 12. The predicted octanol–water partition coefficient (Wildman–Crippen LogP) is 9.80. The first-order valence-electron chi connectivity index (χ1n) is 27.1. The Morgan fingerprint density at radius 3 is 1.42 bits per heavy atom. The number of aromatic nitrogens is 4. The maximum Gasteiger partial charge on any atom is 0.407 e. The van der Waals surface area contributed by atoms with Gasteiger partial charge in [0.1, 0.15) is 23.7 Å². The lowest BCUT2D eigenvalue weighted by Crippen LogP contribution is -2.54. The molecule has 2 saturated carbocycles. The van der Waals surface area contributed by atoms with E-state index in [4.69, 9.17) is 19.4 Å². The summed E-state index contributed by atoms with van der Waals surface area (Å²) in [5.41, 5.74) is 11.6. The molecular weight excluding hydrogens is 961 g/mol. The Morgan fingerprint density at radius 1 is 0.592 bits per heavy atom. The number of aromatic amines is 2. The SMILES string of the molecule is COC(=O)N[C@H](C(=O)N1[C@H](c2nc3ccc(-c4cc5ccc4C=Cc4ccc(c(-c6ccc7nc([C@@H]8C[C@@H]9CCCC[C@@H]9N8C(=O)[C@@H](NC(=O)OC)[C@@H](C)CO)[nH]c7c6)c4)C=C5)cc3[nH]2)C[C@@H]2CCCC[C@@H]21)[C@@H](C)CO. The lowest BCUT2D eigenvalue weighted by atomic mass is 9.84. The number of hydrogen-bond acceptors (Lipinski definition) is 10. The second-order valence-electron chi connectivity index (χ2n) is 21.8. The Balaban J connectivity index is 0.873. The van der Waals surface area contributed by atoms with Crippen molar-refractivity contribution in [3.63, 3.8) is 0 Å². The van der Waals surface area contributed by atoms with Gasteiger partial charge in [-0.3, -0.25) is 9.59 Å². The summed E-state index contributed by atoms with van der Waals surface area (Å²) in [6.45, 7) is 2.98. The van der Waals surface area contributed by atoms with Gasteiger partial charge >= 0.3 is 12.2 Å². The van der Waals surface area contributed by atoms with E-state index in [9.17, 15) is 29.4 Å². The van der Waals surface area contributed by atoms with Gasteiger partial charge in [0.25, 0.3) is 0 Å². The van der Waals surface area contributed by atoms with Crippen LogP contribution in [-0.2, 0) is 19.1 Å². The number of aliphatic hydroxyl groups excluding tert-OH is 2. The maximum atomic E-state index is 14.5. The van der Waals surface area contributed by atoms with E-state index in [1.165, 1.54) is 14.2 Å². The largest absolute Gasteiger partial charge is 0.453 e. The molecule has 2 aliphatic heterocycles. The van der Waals surface area contributed by atoms with Crippen LogP contribution in [0.1, 0.15) is 124 Å². The molecule has 6 N–H and O–H groups in total. The lowest BCUT2D eigenvalue weighted by molar-refractivity contribution is -0.139. The number of carbonyl (C=O) groups is 4. The average Bonchev–Trinajstić information content (AvgIpc) is 4.30. The fraction of sp³-hybridized carbons (Fsp3) is 0.433. The van der Waals surface area contributed by atoms with E-state index in [0.717, 1.165) is 131 Å². The summed E-state index contributed by atoms with van der Waals surface area (Å²) in [7, 11) is 2.54. The summed E-state index contributed by atoms with van der Waals surface area (Å²) in [4.78, 5) is 75.3. The van der Waals surface area contributed by atoms with Crippen molar-refractivity contribution in [3.8, 4) is 22.3 Å². The van der Waals surface area contributed by atoms with Crippen molar-refractivity contribution >= 4 is 70.4 Å². The molecule has 4 fully saturated rings. The predicted molar refractivity (Wildman–Crippen MR) is 292 cm³/mol. The zero-order valence-electron chi connectivity index (χ0n) is 43.6. The molecule has 10 atom stereocenters. The Kier molecular flexibility index (Phi) is 14.3.